The molecule has 0 N–H and O–H groups in total. The van der Waals surface area contributed by atoms with E-state index in [-0.39, 0.29) is 11.5 Å². The zero-order valence-corrected chi connectivity index (χ0v) is 14.2. The summed E-state index contributed by atoms with van der Waals surface area (Å²) in [5.41, 5.74) is 0.878. The van der Waals surface area contributed by atoms with Gasteiger partial charge in [-0.1, -0.05) is 35.5 Å². The van der Waals surface area contributed by atoms with Crippen molar-refractivity contribution < 1.29 is 18.4 Å². The summed E-state index contributed by atoms with van der Waals surface area (Å²) >= 11 is 3.19. The minimum Gasteiger partial charge on any atom is -0.449 e. The first-order chi connectivity index (χ1) is 11.5. The highest BCUT2D eigenvalue weighted by molar-refractivity contribution is 9.10. The number of carbonyl (C=O) groups is 1. The quantitative estimate of drug-likeness (QED) is 0.611. The second-order valence-electron chi connectivity index (χ2n) is 4.99. The lowest BCUT2D eigenvalue weighted by Gasteiger charge is -2.10. The summed E-state index contributed by atoms with van der Waals surface area (Å²) in [6, 6.07) is 13.1. The molecule has 1 atom stereocenters. The highest BCUT2D eigenvalue weighted by Gasteiger charge is 2.21. The van der Waals surface area contributed by atoms with Crippen LogP contribution in [0.4, 0.5) is 4.39 Å². The van der Waals surface area contributed by atoms with E-state index in [4.69, 9.17) is 9.26 Å². The van der Waals surface area contributed by atoms with Gasteiger partial charge in [-0.3, -0.25) is 0 Å². The minimum absolute atomic E-state index is 0.0876. The van der Waals surface area contributed by atoms with Crippen molar-refractivity contribution in [2.45, 2.75) is 13.0 Å². The molecule has 7 heteroatoms. The molecule has 0 amide bonds. The van der Waals surface area contributed by atoms with E-state index in [1.165, 1.54) is 12.1 Å². The van der Waals surface area contributed by atoms with Crippen molar-refractivity contribution in [3.8, 4) is 11.4 Å². The Hall–Kier alpha value is -2.54. The van der Waals surface area contributed by atoms with Gasteiger partial charge in [0.15, 0.2) is 6.10 Å². The van der Waals surface area contributed by atoms with Crippen molar-refractivity contribution in [1.82, 2.24) is 10.1 Å². The number of aromatic nitrogens is 2. The van der Waals surface area contributed by atoms with E-state index in [9.17, 15) is 9.18 Å². The van der Waals surface area contributed by atoms with Gasteiger partial charge in [0.25, 0.3) is 5.89 Å². The summed E-state index contributed by atoms with van der Waals surface area (Å²) in [5, 5.41) is 3.87. The maximum absolute atomic E-state index is 13.3. The number of halogens is 2. The number of esters is 1. The van der Waals surface area contributed by atoms with Gasteiger partial charge in [-0.05, 0) is 41.1 Å². The first-order valence-corrected chi connectivity index (χ1v) is 7.89. The van der Waals surface area contributed by atoms with Crippen molar-refractivity contribution >= 4 is 21.9 Å². The molecule has 1 aromatic heterocycles. The normalized spacial score (nSPS) is 12.0. The Morgan fingerprint density at radius 3 is 2.75 bits per heavy atom. The van der Waals surface area contributed by atoms with E-state index in [2.05, 4.69) is 26.1 Å². The summed E-state index contributed by atoms with van der Waals surface area (Å²) in [6.45, 7) is 1.60. The monoisotopic (exact) mass is 390 g/mol. The minimum atomic E-state index is -0.766. The molecule has 24 heavy (non-hydrogen) atoms. The summed E-state index contributed by atoms with van der Waals surface area (Å²) in [4.78, 5) is 16.4. The van der Waals surface area contributed by atoms with Crippen molar-refractivity contribution in [2.24, 2.45) is 0 Å². The predicted octanol–water partition coefficient (Wildman–Crippen LogP) is 4.56. The maximum Gasteiger partial charge on any atom is 0.340 e. The number of ether oxygens (including phenoxy) is 1. The molecule has 122 valence electrons. The van der Waals surface area contributed by atoms with Crippen LogP contribution in [-0.4, -0.2) is 16.1 Å². The lowest BCUT2D eigenvalue weighted by molar-refractivity contribution is 0.0264. The van der Waals surface area contributed by atoms with Crippen molar-refractivity contribution in [1.29, 1.82) is 0 Å². The molecular weight excluding hydrogens is 379 g/mol. The maximum atomic E-state index is 13.3. The topological polar surface area (TPSA) is 65.2 Å². The molecule has 0 bridgehead atoms. The molecule has 0 aliphatic heterocycles. The smallest absolute Gasteiger partial charge is 0.340 e. The number of nitrogens with zero attached hydrogens (tertiary/aromatic N) is 2. The molecule has 0 radical (unpaired) electrons. The summed E-state index contributed by atoms with van der Waals surface area (Å²) < 4.78 is 24.2. The number of hydrogen-bond acceptors (Lipinski definition) is 5. The Morgan fingerprint density at radius 1 is 1.25 bits per heavy atom. The molecule has 1 heterocycles. The van der Waals surface area contributed by atoms with Crippen molar-refractivity contribution in [3.05, 3.63) is 70.3 Å². The fourth-order valence-corrected chi connectivity index (χ4v) is 2.44. The zero-order chi connectivity index (χ0) is 17.1. The molecule has 0 aliphatic carbocycles. The number of carbonyl (C=O) groups excluding carboxylic acids is 1. The molecule has 2 aromatic carbocycles. The van der Waals surface area contributed by atoms with Crippen LogP contribution in [0.3, 0.4) is 0 Å². The largest absolute Gasteiger partial charge is 0.449 e. The molecule has 0 spiro atoms. The van der Waals surface area contributed by atoms with E-state index in [1.807, 2.05) is 30.3 Å². The van der Waals surface area contributed by atoms with E-state index in [1.54, 1.807) is 6.92 Å². The summed E-state index contributed by atoms with van der Waals surface area (Å²) in [6.07, 6.45) is -0.766. The van der Waals surface area contributed by atoms with Gasteiger partial charge in [0.2, 0.25) is 5.82 Å². The molecule has 0 fully saturated rings. The highest BCUT2D eigenvalue weighted by Crippen LogP contribution is 2.24. The van der Waals surface area contributed by atoms with Gasteiger partial charge < -0.3 is 9.26 Å². The second-order valence-corrected chi connectivity index (χ2v) is 5.85. The molecule has 0 aliphatic rings. The van der Waals surface area contributed by atoms with Crippen LogP contribution in [0, 0.1) is 5.82 Å². The molecule has 0 saturated heterocycles. The Labute approximate surface area is 145 Å². The molecule has 0 unspecified atom stereocenters. The van der Waals surface area contributed by atoms with Gasteiger partial charge in [0.05, 0.1) is 5.56 Å². The molecule has 3 rings (SSSR count). The predicted molar refractivity (Wildman–Crippen MR) is 87.7 cm³/mol. The average Bonchev–Trinajstić information content (AvgIpc) is 3.08. The Kier molecular flexibility index (Phi) is 4.71. The Balaban J connectivity index is 1.75. The SMILES string of the molecule is C[C@H](OC(=O)c1cc(F)ccc1Br)c1nc(-c2ccccc2)no1. The highest BCUT2D eigenvalue weighted by atomic mass is 79.9. The number of benzene rings is 2. The van der Waals surface area contributed by atoms with Crippen LogP contribution in [0.2, 0.25) is 0 Å². The van der Waals surface area contributed by atoms with Crippen molar-refractivity contribution in [3.63, 3.8) is 0 Å². The number of rotatable bonds is 4. The number of hydrogen-bond donors (Lipinski definition) is 0. The van der Waals surface area contributed by atoms with Gasteiger partial charge in [-0.25, -0.2) is 9.18 Å². The van der Waals surface area contributed by atoms with Gasteiger partial charge in [0.1, 0.15) is 5.82 Å². The zero-order valence-electron chi connectivity index (χ0n) is 12.6. The van der Waals surface area contributed by atoms with Crippen LogP contribution in [0.5, 0.6) is 0 Å². The lowest BCUT2D eigenvalue weighted by atomic mass is 10.2. The first-order valence-electron chi connectivity index (χ1n) is 7.09. The van der Waals surface area contributed by atoms with E-state index in [0.717, 1.165) is 11.6 Å². The molecule has 5 nitrogen and oxygen atoms in total. The second kappa shape index (κ2) is 6.92. The van der Waals surface area contributed by atoms with Gasteiger partial charge in [-0.15, -0.1) is 0 Å². The summed E-state index contributed by atoms with van der Waals surface area (Å²) in [5.74, 6) is -0.648. The average molecular weight is 391 g/mol. The Morgan fingerprint density at radius 2 is 2.00 bits per heavy atom. The summed E-state index contributed by atoms with van der Waals surface area (Å²) in [7, 11) is 0. The lowest BCUT2D eigenvalue weighted by Crippen LogP contribution is -2.10. The first kappa shape index (κ1) is 16.3. The molecular formula is C17H12BrFN2O3. The van der Waals surface area contributed by atoms with Crippen molar-refractivity contribution in [2.75, 3.05) is 0 Å². The van der Waals surface area contributed by atoms with Crippen LogP contribution in [0.25, 0.3) is 11.4 Å². The Bertz CT molecular complexity index is 867. The molecule has 3 aromatic rings. The third kappa shape index (κ3) is 3.51. The van der Waals surface area contributed by atoms with Gasteiger partial charge in [0, 0.05) is 10.0 Å². The fourth-order valence-electron chi connectivity index (χ4n) is 2.03. The van der Waals surface area contributed by atoms with Crippen LogP contribution in [0.15, 0.2) is 57.5 Å². The van der Waals surface area contributed by atoms with Crippen LogP contribution in [0.1, 0.15) is 29.3 Å². The van der Waals surface area contributed by atoms with E-state index in [0.29, 0.717) is 10.3 Å². The molecule has 0 saturated carbocycles. The third-order valence-corrected chi connectivity index (χ3v) is 3.95. The van der Waals surface area contributed by atoms with Crippen LogP contribution >= 0.6 is 15.9 Å². The fraction of sp³-hybridized carbons (Fsp3) is 0.118. The standard InChI is InChI=1S/C17H12BrFN2O3/c1-10(23-17(22)13-9-12(19)7-8-14(13)18)16-20-15(21-24-16)11-5-3-2-4-6-11/h2-10H,1H3/t10-/m0/s1. The third-order valence-electron chi connectivity index (χ3n) is 3.25. The van der Waals surface area contributed by atoms with E-state index >= 15 is 0 Å². The van der Waals surface area contributed by atoms with Crippen LogP contribution < -0.4 is 0 Å². The van der Waals surface area contributed by atoms with Gasteiger partial charge >= 0.3 is 5.97 Å². The van der Waals surface area contributed by atoms with E-state index < -0.39 is 17.9 Å². The van der Waals surface area contributed by atoms with Gasteiger partial charge in [-0.2, -0.15) is 4.98 Å². The van der Waals surface area contributed by atoms with Crippen LogP contribution in [-0.2, 0) is 4.74 Å².